The highest BCUT2D eigenvalue weighted by Gasteiger charge is 2.25. The first-order valence-corrected chi connectivity index (χ1v) is 8.19. The van der Waals surface area contributed by atoms with Gasteiger partial charge in [-0.15, -0.1) is 0 Å². The van der Waals surface area contributed by atoms with Crippen molar-refractivity contribution in [3.63, 3.8) is 0 Å². The molecule has 0 aliphatic carbocycles. The first-order valence-electron chi connectivity index (χ1n) is 8.19. The average Bonchev–Trinajstić information content (AvgIpc) is 2.67. The Morgan fingerprint density at radius 3 is 2.19 bits per heavy atom. The van der Waals surface area contributed by atoms with Gasteiger partial charge in [-0.05, 0) is 18.1 Å². The van der Waals surface area contributed by atoms with Crippen molar-refractivity contribution in [3.8, 4) is 6.07 Å². The van der Waals surface area contributed by atoms with E-state index in [2.05, 4.69) is 5.32 Å². The number of benzene rings is 2. The number of nitrogens with zero attached hydrogens (tertiary/aromatic N) is 1. The molecule has 0 bridgehead atoms. The Kier molecular flexibility index (Phi) is 7.19. The van der Waals surface area contributed by atoms with Crippen LogP contribution in [0.2, 0.25) is 0 Å². The topological polar surface area (TPSA) is 88.4 Å². The first kappa shape index (κ1) is 19.0. The highest BCUT2D eigenvalue weighted by Crippen LogP contribution is 2.07. The molecule has 0 heterocycles. The Hall–Kier alpha value is -3.33. The number of nitriles is 1. The minimum atomic E-state index is -0.948. The molecule has 26 heavy (non-hydrogen) atoms. The largest absolute Gasteiger partial charge is 0.446 e. The van der Waals surface area contributed by atoms with Crippen LogP contribution >= 0.6 is 0 Å². The van der Waals surface area contributed by atoms with Crippen molar-refractivity contribution < 1.29 is 19.1 Å². The molecule has 2 aromatic rings. The highest BCUT2D eigenvalue weighted by molar-refractivity contribution is 5.81. The zero-order valence-corrected chi connectivity index (χ0v) is 14.4. The number of carbonyl (C=O) groups excluding carboxylic acids is 2. The van der Waals surface area contributed by atoms with Gasteiger partial charge in [-0.2, -0.15) is 5.26 Å². The van der Waals surface area contributed by atoms with Crippen LogP contribution in [0.1, 0.15) is 18.1 Å². The van der Waals surface area contributed by atoms with Gasteiger partial charge in [-0.3, -0.25) is 0 Å². The molecule has 2 atom stereocenters. The van der Waals surface area contributed by atoms with Gasteiger partial charge in [0.05, 0.1) is 0 Å². The predicted molar refractivity (Wildman–Crippen MR) is 94.9 cm³/mol. The standard InChI is InChI=1S/C20H20N2O4/c1-15(13-21)26-19(23)18(12-16-8-4-2-5-9-16)22-20(24)25-14-17-10-6-3-7-11-17/h2-11,15,18H,12,14H2,1H3,(H,22,24)/t15?,18-/m0/s1. The highest BCUT2D eigenvalue weighted by atomic mass is 16.6. The first-order chi connectivity index (χ1) is 12.6. The maximum Gasteiger partial charge on any atom is 0.408 e. The quantitative estimate of drug-likeness (QED) is 0.774. The Morgan fingerprint density at radius 2 is 1.62 bits per heavy atom. The van der Waals surface area contributed by atoms with Gasteiger partial charge < -0.3 is 14.8 Å². The predicted octanol–water partition coefficient (Wildman–Crippen LogP) is 2.98. The second-order valence-electron chi connectivity index (χ2n) is 5.66. The number of amides is 1. The van der Waals surface area contributed by atoms with E-state index in [1.54, 1.807) is 0 Å². The molecular weight excluding hydrogens is 332 g/mol. The molecule has 6 heteroatoms. The van der Waals surface area contributed by atoms with E-state index in [1.165, 1.54) is 6.92 Å². The lowest BCUT2D eigenvalue weighted by Gasteiger charge is -2.18. The molecule has 6 nitrogen and oxygen atoms in total. The number of hydrogen-bond acceptors (Lipinski definition) is 5. The van der Waals surface area contributed by atoms with Crippen LogP contribution in [0.5, 0.6) is 0 Å². The van der Waals surface area contributed by atoms with E-state index in [0.717, 1.165) is 11.1 Å². The van der Waals surface area contributed by atoms with Crippen molar-refractivity contribution in [1.82, 2.24) is 5.32 Å². The lowest BCUT2D eigenvalue weighted by molar-refractivity contribution is -0.148. The summed E-state index contributed by atoms with van der Waals surface area (Å²) in [6.45, 7) is 1.56. The van der Waals surface area contributed by atoms with Crippen molar-refractivity contribution >= 4 is 12.1 Å². The summed E-state index contributed by atoms with van der Waals surface area (Å²) in [5.74, 6) is -0.681. The molecule has 2 aromatic carbocycles. The van der Waals surface area contributed by atoms with Crippen molar-refractivity contribution in [2.24, 2.45) is 0 Å². The molecule has 0 saturated carbocycles. The summed E-state index contributed by atoms with van der Waals surface area (Å²) in [5, 5.41) is 11.3. The van der Waals surface area contributed by atoms with Crippen LogP contribution in [0.4, 0.5) is 4.79 Å². The fourth-order valence-corrected chi connectivity index (χ4v) is 2.23. The van der Waals surface area contributed by atoms with Gasteiger partial charge in [-0.25, -0.2) is 9.59 Å². The van der Waals surface area contributed by atoms with Crippen molar-refractivity contribution in [2.45, 2.75) is 32.1 Å². The van der Waals surface area contributed by atoms with Crippen LogP contribution in [0.3, 0.4) is 0 Å². The number of rotatable bonds is 7. The van der Waals surface area contributed by atoms with Crippen LogP contribution in [0, 0.1) is 11.3 Å². The van der Waals surface area contributed by atoms with Gasteiger partial charge in [0.1, 0.15) is 18.7 Å². The third kappa shape index (κ3) is 6.29. The van der Waals surface area contributed by atoms with E-state index in [-0.39, 0.29) is 13.0 Å². The van der Waals surface area contributed by atoms with Gasteiger partial charge in [0.2, 0.25) is 0 Å². The van der Waals surface area contributed by atoms with Crippen molar-refractivity contribution in [2.75, 3.05) is 0 Å². The molecule has 0 aromatic heterocycles. The molecule has 1 unspecified atom stereocenters. The third-order valence-electron chi connectivity index (χ3n) is 3.55. The van der Waals surface area contributed by atoms with Gasteiger partial charge in [0.15, 0.2) is 6.10 Å². The van der Waals surface area contributed by atoms with Gasteiger partial charge >= 0.3 is 12.1 Å². The smallest absolute Gasteiger partial charge is 0.408 e. The van der Waals surface area contributed by atoms with E-state index in [9.17, 15) is 9.59 Å². The summed E-state index contributed by atoms with van der Waals surface area (Å²) in [5.41, 5.74) is 1.69. The summed E-state index contributed by atoms with van der Waals surface area (Å²) >= 11 is 0. The van der Waals surface area contributed by atoms with Gasteiger partial charge in [0, 0.05) is 6.42 Å². The number of alkyl carbamates (subject to hydrolysis) is 1. The van der Waals surface area contributed by atoms with Crippen LogP contribution < -0.4 is 5.32 Å². The molecule has 2 rings (SSSR count). The van der Waals surface area contributed by atoms with E-state index in [1.807, 2.05) is 66.7 Å². The minimum Gasteiger partial charge on any atom is -0.446 e. The average molecular weight is 352 g/mol. The zero-order valence-electron chi connectivity index (χ0n) is 14.4. The fourth-order valence-electron chi connectivity index (χ4n) is 2.23. The maximum absolute atomic E-state index is 12.3. The molecule has 1 amide bonds. The van der Waals surface area contributed by atoms with Crippen LogP contribution in [-0.2, 0) is 27.3 Å². The Morgan fingerprint density at radius 1 is 1.04 bits per heavy atom. The Balaban J connectivity index is 1.99. The van der Waals surface area contributed by atoms with Crippen LogP contribution in [0.25, 0.3) is 0 Å². The van der Waals surface area contributed by atoms with Crippen LogP contribution in [-0.4, -0.2) is 24.2 Å². The molecular formula is C20H20N2O4. The molecule has 134 valence electrons. The second-order valence-corrected chi connectivity index (χ2v) is 5.66. The van der Waals surface area contributed by atoms with Crippen LogP contribution in [0.15, 0.2) is 60.7 Å². The molecule has 0 aliphatic heterocycles. The molecule has 0 saturated heterocycles. The lowest BCUT2D eigenvalue weighted by atomic mass is 10.1. The lowest BCUT2D eigenvalue weighted by Crippen LogP contribution is -2.44. The van der Waals surface area contributed by atoms with Crippen molar-refractivity contribution in [1.29, 1.82) is 5.26 Å². The van der Waals surface area contributed by atoms with Crippen molar-refractivity contribution in [3.05, 3.63) is 71.8 Å². The SMILES string of the molecule is CC(C#N)OC(=O)[C@H](Cc1ccccc1)NC(=O)OCc1ccccc1. The number of esters is 1. The second kappa shape index (κ2) is 9.84. The molecule has 0 aliphatic rings. The summed E-state index contributed by atoms with van der Waals surface area (Å²) in [4.78, 5) is 24.4. The van der Waals surface area contributed by atoms with Gasteiger partial charge in [-0.1, -0.05) is 60.7 Å². The summed E-state index contributed by atoms with van der Waals surface area (Å²) in [6.07, 6.45) is -1.39. The normalized spacial score (nSPS) is 12.3. The van der Waals surface area contributed by atoms with E-state index in [0.29, 0.717) is 0 Å². The number of nitrogens with one attached hydrogen (secondary N) is 1. The monoisotopic (exact) mass is 352 g/mol. The molecule has 0 radical (unpaired) electrons. The fraction of sp³-hybridized carbons (Fsp3) is 0.250. The number of hydrogen-bond donors (Lipinski definition) is 1. The van der Waals surface area contributed by atoms with E-state index in [4.69, 9.17) is 14.7 Å². The third-order valence-corrected chi connectivity index (χ3v) is 3.55. The summed E-state index contributed by atoms with van der Waals surface area (Å²) in [6, 6.07) is 19.3. The van der Waals surface area contributed by atoms with E-state index < -0.39 is 24.2 Å². The molecule has 0 spiro atoms. The van der Waals surface area contributed by atoms with Gasteiger partial charge in [0.25, 0.3) is 0 Å². The Labute approximate surface area is 152 Å². The summed E-state index contributed by atoms with van der Waals surface area (Å²) < 4.78 is 10.2. The molecule has 1 N–H and O–H groups in total. The maximum atomic E-state index is 12.3. The zero-order chi connectivity index (χ0) is 18.8. The summed E-state index contributed by atoms with van der Waals surface area (Å²) in [7, 11) is 0. The van der Waals surface area contributed by atoms with E-state index >= 15 is 0 Å². The number of carbonyl (C=O) groups is 2. The minimum absolute atomic E-state index is 0.0916. The molecule has 0 fully saturated rings. The Bertz CT molecular complexity index is 756. The number of ether oxygens (including phenoxy) is 2.